The molecule has 0 aromatic heterocycles. The number of hydrogen-bond acceptors (Lipinski definition) is 2. The lowest BCUT2D eigenvalue weighted by Crippen LogP contribution is -2.37. The Morgan fingerprint density at radius 2 is 1.53 bits per heavy atom. The minimum Gasteiger partial charge on any atom is -0.294 e. The van der Waals surface area contributed by atoms with Crippen molar-refractivity contribution in [1.82, 2.24) is 0 Å². The van der Waals surface area contributed by atoms with E-state index in [9.17, 15) is 9.59 Å². The van der Waals surface area contributed by atoms with E-state index in [0.717, 1.165) is 5.56 Å². The van der Waals surface area contributed by atoms with Crippen LogP contribution in [0.4, 0.5) is 0 Å². The lowest BCUT2D eigenvalue weighted by molar-refractivity contribution is 0.0729. The summed E-state index contributed by atoms with van der Waals surface area (Å²) in [5.74, 6) is 0.0520. The molecule has 2 aliphatic rings. The fraction of sp³-hybridized carbons (Fsp3) is 0.333. The highest BCUT2D eigenvalue weighted by Gasteiger charge is 2.40. The van der Waals surface area contributed by atoms with Crippen LogP contribution in [-0.2, 0) is 0 Å². The van der Waals surface area contributed by atoms with Crippen molar-refractivity contribution in [2.24, 2.45) is 11.8 Å². The molecule has 0 aliphatic heterocycles. The van der Waals surface area contributed by atoms with Crippen LogP contribution in [0.25, 0.3) is 0 Å². The summed E-state index contributed by atoms with van der Waals surface area (Å²) in [6.07, 6.45) is 5.46. The molecule has 0 N–H and O–H groups in total. The van der Waals surface area contributed by atoms with Crippen LogP contribution >= 0.6 is 0 Å². The van der Waals surface area contributed by atoms with Gasteiger partial charge in [0.15, 0.2) is 11.6 Å². The smallest absolute Gasteiger partial charge is 0.167 e. The van der Waals surface area contributed by atoms with Gasteiger partial charge >= 0.3 is 0 Å². The Bertz CT molecular complexity index is 540. The maximum Gasteiger partial charge on any atom is 0.167 e. The third-order valence-corrected chi connectivity index (χ3v) is 3.81. The van der Waals surface area contributed by atoms with Crippen LogP contribution in [-0.4, -0.2) is 11.6 Å². The minimum atomic E-state index is -0.123. The number of carbonyl (C=O) groups is 2. The quantitative estimate of drug-likeness (QED) is 0.637. The number of carbonyl (C=O) groups excluding carboxylic acids is 2. The summed E-state index contributed by atoms with van der Waals surface area (Å²) in [6.45, 7) is 1.95. The number of hydrogen-bond donors (Lipinski definition) is 0. The van der Waals surface area contributed by atoms with E-state index in [-0.39, 0.29) is 23.4 Å². The minimum absolute atomic E-state index is 0.122. The van der Waals surface area contributed by atoms with Crippen molar-refractivity contribution < 1.29 is 9.59 Å². The van der Waals surface area contributed by atoms with Crippen molar-refractivity contribution in [3.63, 3.8) is 0 Å². The predicted molar refractivity (Wildman–Crippen MR) is 65.2 cm³/mol. The molecule has 1 aromatic rings. The molecule has 2 atom stereocenters. The molecular formula is C15H14O2. The number of ketones is 2. The molecule has 0 amide bonds. The summed E-state index contributed by atoms with van der Waals surface area (Å²) in [7, 11) is 0. The van der Waals surface area contributed by atoms with Gasteiger partial charge in [-0.3, -0.25) is 9.59 Å². The molecule has 0 bridgehead atoms. The van der Waals surface area contributed by atoms with Crippen molar-refractivity contribution in [3.8, 4) is 0 Å². The first-order chi connectivity index (χ1) is 8.18. The molecule has 0 fully saturated rings. The fourth-order valence-electron chi connectivity index (χ4n) is 2.87. The van der Waals surface area contributed by atoms with Crippen molar-refractivity contribution in [3.05, 3.63) is 47.0 Å². The van der Waals surface area contributed by atoms with E-state index in [4.69, 9.17) is 0 Å². The highest BCUT2D eigenvalue weighted by molar-refractivity contribution is 6.16. The molecule has 86 valence electrons. The molecule has 0 heterocycles. The van der Waals surface area contributed by atoms with Crippen LogP contribution in [0.15, 0.2) is 30.4 Å². The highest BCUT2D eigenvalue weighted by atomic mass is 16.1. The third-order valence-electron chi connectivity index (χ3n) is 3.81. The Balaban J connectivity index is 2.16. The van der Waals surface area contributed by atoms with Gasteiger partial charge in [-0.25, -0.2) is 0 Å². The molecule has 2 nitrogen and oxygen atoms in total. The number of allylic oxidation sites excluding steroid dienone is 2. The van der Waals surface area contributed by atoms with Gasteiger partial charge in [-0.05, 0) is 25.8 Å². The summed E-state index contributed by atoms with van der Waals surface area (Å²) >= 11 is 0. The fourth-order valence-corrected chi connectivity index (χ4v) is 2.87. The standard InChI is InChI=1S/C15H14O2/c1-9-6-7-12-13(8-9)15(17)11-5-3-2-4-10(11)14(12)16/h2-3,6-8,10-11H,4-5H2,1H3. The molecule has 0 saturated carbocycles. The van der Waals surface area contributed by atoms with Gasteiger partial charge in [-0.2, -0.15) is 0 Å². The lowest BCUT2D eigenvalue weighted by Gasteiger charge is -2.31. The van der Waals surface area contributed by atoms with Gasteiger partial charge in [0.05, 0.1) is 0 Å². The first-order valence-electron chi connectivity index (χ1n) is 6.02. The molecule has 0 spiro atoms. The number of Topliss-reactive ketones (excluding diaryl/α,β-unsaturated/α-hetero) is 2. The van der Waals surface area contributed by atoms with Gasteiger partial charge in [-0.15, -0.1) is 0 Å². The van der Waals surface area contributed by atoms with Gasteiger partial charge in [0.1, 0.15) is 0 Å². The number of benzene rings is 1. The average Bonchev–Trinajstić information content (AvgIpc) is 2.36. The van der Waals surface area contributed by atoms with E-state index in [1.165, 1.54) is 0 Å². The molecule has 17 heavy (non-hydrogen) atoms. The Hall–Kier alpha value is -1.70. The van der Waals surface area contributed by atoms with Gasteiger partial charge in [0.2, 0.25) is 0 Å². The van der Waals surface area contributed by atoms with Crippen molar-refractivity contribution >= 4 is 11.6 Å². The van der Waals surface area contributed by atoms with E-state index < -0.39 is 0 Å². The first kappa shape index (κ1) is 10.5. The topological polar surface area (TPSA) is 34.1 Å². The second kappa shape index (κ2) is 3.66. The zero-order valence-corrected chi connectivity index (χ0v) is 9.77. The maximum atomic E-state index is 12.4. The van der Waals surface area contributed by atoms with Crippen LogP contribution in [0.2, 0.25) is 0 Å². The zero-order valence-electron chi connectivity index (χ0n) is 9.77. The van der Waals surface area contributed by atoms with E-state index in [1.807, 2.05) is 31.2 Å². The van der Waals surface area contributed by atoms with Crippen LogP contribution in [0, 0.1) is 18.8 Å². The second-order valence-electron chi connectivity index (χ2n) is 4.93. The van der Waals surface area contributed by atoms with Gasteiger partial charge in [-0.1, -0.05) is 29.8 Å². The van der Waals surface area contributed by atoms with E-state index >= 15 is 0 Å². The van der Waals surface area contributed by atoms with E-state index in [0.29, 0.717) is 24.0 Å². The normalized spacial score (nSPS) is 26.6. The average molecular weight is 226 g/mol. The Morgan fingerprint density at radius 3 is 2.18 bits per heavy atom. The second-order valence-corrected chi connectivity index (χ2v) is 4.93. The highest BCUT2D eigenvalue weighted by Crippen LogP contribution is 2.37. The Kier molecular flexibility index (Phi) is 2.25. The summed E-state index contributed by atoms with van der Waals surface area (Å²) in [6, 6.07) is 5.56. The van der Waals surface area contributed by atoms with Crippen molar-refractivity contribution in [1.29, 1.82) is 0 Å². The van der Waals surface area contributed by atoms with Gasteiger partial charge < -0.3 is 0 Å². The van der Waals surface area contributed by atoms with Crippen LogP contribution in [0.1, 0.15) is 39.1 Å². The monoisotopic (exact) mass is 226 g/mol. The van der Waals surface area contributed by atoms with Crippen LogP contribution < -0.4 is 0 Å². The summed E-state index contributed by atoms with van der Waals surface area (Å²) < 4.78 is 0. The molecular weight excluding hydrogens is 212 g/mol. The third kappa shape index (κ3) is 1.47. The largest absolute Gasteiger partial charge is 0.294 e. The predicted octanol–water partition coefficient (Wildman–Crippen LogP) is 2.96. The van der Waals surface area contributed by atoms with Gasteiger partial charge in [0.25, 0.3) is 0 Å². The number of fused-ring (bicyclic) bond motifs is 2. The molecule has 0 saturated heterocycles. The molecule has 2 heteroatoms. The Labute approximate surface area is 100 Å². The van der Waals surface area contributed by atoms with E-state index in [1.54, 1.807) is 6.07 Å². The summed E-state index contributed by atoms with van der Waals surface area (Å²) in [4.78, 5) is 24.7. The SMILES string of the molecule is Cc1ccc2c(c1)C(=O)C1CC=CCC1C2=O. The Morgan fingerprint density at radius 1 is 0.941 bits per heavy atom. The summed E-state index contributed by atoms with van der Waals surface area (Å²) in [5, 5.41) is 0. The first-order valence-corrected chi connectivity index (χ1v) is 6.02. The van der Waals surface area contributed by atoms with Crippen molar-refractivity contribution in [2.45, 2.75) is 19.8 Å². The molecule has 2 aliphatic carbocycles. The van der Waals surface area contributed by atoms with Crippen LogP contribution in [0.3, 0.4) is 0 Å². The summed E-state index contributed by atoms with van der Waals surface area (Å²) in [5.41, 5.74) is 2.29. The lowest BCUT2D eigenvalue weighted by atomic mass is 9.69. The van der Waals surface area contributed by atoms with E-state index in [2.05, 4.69) is 0 Å². The number of aryl methyl sites for hydroxylation is 1. The van der Waals surface area contributed by atoms with Gasteiger partial charge in [0, 0.05) is 23.0 Å². The van der Waals surface area contributed by atoms with Crippen molar-refractivity contribution in [2.75, 3.05) is 0 Å². The molecule has 3 rings (SSSR count). The number of rotatable bonds is 0. The van der Waals surface area contributed by atoms with Crippen LogP contribution in [0.5, 0.6) is 0 Å². The molecule has 2 unspecified atom stereocenters. The zero-order chi connectivity index (χ0) is 12.0. The maximum absolute atomic E-state index is 12.4. The molecule has 1 aromatic carbocycles. The molecule has 0 radical (unpaired) electrons.